The lowest BCUT2D eigenvalue weighted by Gasteiger charge is -2.32. The number of aliphatic carboxylic acids is 2. The number of allylic oxidation sites excluding steroid dienone is 4. The number of methoxy groups -OCH3 is 3. The molecule has 7 rings (SSSR count). The first-order chi connectivity index (χ1) is 35.9. The van der Waals surface area contributed by atoms with Gasteiger partial charge in [-0.2, -0.15) is 0 Å². The summed E-state index contributed by atoms with van der Waals surface area (Å²) < 4.78 is 28.4. The normalized spacial score (nSPS) is 28.7. The number of aldehydes is 2. The second-order valence-electron chi connectivity index (χ2n) is 20.2. The van der Waals surface area contributed by atoms with Crippen LogP contribution in [-0.4, -0.2) is 156 Å². The molecule has 3 aliphatic heterocycles. The number of carboxylic acid groups (broad SMARTS) is 2. The molecule has 77 heavy (non-hydrogen) atoms. The lowest BCUT2D eigenvalue weighted by Crippen LogP contribution is -2.41. The largest absolute Gasteiger partial charge is 0.481 e. The van der Waals surface area contributed by atoms with Crippen LogP contribution in [0.2, 0.25) is 0 Å². The molecule has 8 atom stereocenters. The average molecular weight is 1090 g/mol. The van der Waals surface area contributed by atoms with Gasteiger partial charge < -0.3 is 89.1 Å². The summed E-state index contributed by atoms with van der Waals surface area (Å²) in [5.41, 5.74) is -5.20. The summed E-state index contributed by atoms with van der Waals surface area (Å²) >= 11 is 0. The summed E-state index contributed by atoms with van der Waals surface area (Å²) in [5, 5.41) is 95.6. The molecule has 0 aromatic heterocycles. The Hall–Kier alpha value is -6.73. The molecule has 0 aromatic carbocycles. The van der Waals surface area contributed by atoms with E-state index in [-0.39, 0.29) is 64.7 Å². The van der Waals surface area contributed by atoms with Gasteiger partial charge in [-0.3, -0.25) is 4.79 Å². The van der Waals surface area contributed by atoms with Crippen molar-refractivity contribution in [3.63, 3.8) is 0 Å². The average Bonchev–Trinajstić information content (AvgIpc) is 4.04. The number of hydrogen-bond acceptors (Lipinski definition) is 21. The number of aliphatic hydroxyl groups is 8. The molecule has 3 fully saturated rings. The van der Waals surface area contributed by atoms with E-state index in [0.29, 0.717) is 37.0 Å². The lowest BCUT2D eigenvalue weighted by atomic mass is 9.80. The smallest absolute Gasteiger partial charge is 0.340 e. The van der Waals surface area contributed by atoms with E-state index in [1.807, 2.05) is 20.8 Å². The van der Waals surface area contributed by atoms with Gasteiger partial charge in [0.05, 0.1) is 68.7 Å². The molecule has 23 heteroatoms. The van der Waals surface area contributed by atoms with Gasteiger partial charge in [-0.1, -0.05) is 44.6 Å². The van der Waals surface area contributed by atoms with Crippen LogP contribution in [0, 0.1) is 23.2 Å². The molecule has 0 bridgehead atoms. The molecule has 3 heterocycles. The highest BCUT2D eigenvalue weighted by atomic mass is 16.6. The third-order valence-corrected chi connectivity index (χ3v) is 14.4. The van der Waals surface area contributed by atoms with Crippen molar-refractivity contribution >= 4 is 42.4 Å². The maximum absolute atomic E-state index is 11.6. The number of carbonyl (C=O) groups excluding carboxylic acids is 5. The number of esters is 3. The van der Waals surface area contributed by atoms with Crippen molar-refractivity contribution in [3.05, 3.63) is 106 Å². The Bertz CT molecular complexity index is 2550. The van der Waals surface area contributed by atoms with E-state index < -0.39 is 82.2 Å². The van der Waals surface area contributed by atoms with Crippen LogP contribution in [0.3, 0.4) is 0 Å². The van der Waals surface area contributed by atoms with E-state index in [4.69, 9.17) is 34.6 Å². The number of rotatable bonds is 14. The highest BCUT2D eigenvalue weighted by Crippen LogP contribution is 2.53. The number of hydrogen-bond donors (Lipinski definition) is 10. The summed E-state index contributed by atoms with van der Waals surface area (Å²) in [6, 6.07) is 0. The molecular formula is C54H72O23. The van der Waals surface area contributed by atoms with Crippen molar-refractivity contribution in [2.24, 2.45) is 23.2 Å². The minimum absolute atomic E-state index is 0.0428. The highest BCUT2D eigenvalue weighted by Gasteiger charge is 2.58. The predicted molar refractivity (Wildman–Crippen MR) is 268 cm³/mol. The fourth-order valence-electron chi connectivity index (χ4n) is 9.69. The molecule has 10 N–H and O–H groups in total. The van der Waals surface area contributed by atoms with Crippen molar-refractivity contribution < 1.29 is 113 Å². The number of fused-ring (bicyclic) bond motifs is 3. The van der Waals surface area contributed by atoms with Crippen LogP contribution >= 0.6 is 0 Å². The zero-order valence-corrected chi connectivity index (χ0v) is 44.6. The van der Waals surface area contributed by atoms with Gasteiger partial charge in [-0.15, -0.1) is 0 Å². The summed E-state index contributed by atoms with van der Waals surface area (Å²) in [6.45, 7) is 10.6. The van der Waals surface area contributed by atoms with E-state index in [1.165, 1.54) is 53.8 Å². The van der Waals surface area contributed by atoms with Crippen LogP contribution < -0.4 is 0 Å². The minimum atomic E-state index is -1.72. The Kier molecular flexibility index (Phi) is 22.3. The molecule has 0 radical (unpaired) electrons. The molecule has 0 saturated heterocycles. The summed E-state index contributed by atoms with van der Waals surface area (Å²) in [4.78, 5) is 77.3. The second-order valence-corrected chi connectivity index (χ2v) is 20.2. The van der Waals surface area contributed by atoms with E-state index in [0.717, 1.165) is 49.2 Å². The van der Waals surface area contributed by atoms with Crippen LogP contribution in [0.15, 0.2) is 106 Å². The molecular weight excluding hydrogens is 1020 g/mol. The van der Waals surface area contributed by atoms with Crippen LogP contribution in [-0.2, 0) is 62.0 Å². The van der Waals surface area contributed by atoms with E-state index in [9.17, 15) is 64.2 Å². The predicted octanol–water partition coefficient (Wildman–Crippen LogP) is 3.24. The molecule has 0 aromatic rings. The van der Waals surface area contributed by atoms with Crippen molar-refractivity contribution in [2.75, 3.05) is 34.5 Å². The van der Waals surface area contributed by atoms with E-state index in [2.05, 4.69) is 14.2 Å². The third kappa shape index (κ3) is 14.5. The Labute approximate surface area is 445 Å². The molecule has 23 nitrogen and oxygen atoms in total. The van der Waals surface area contributed by atoms with Crippen LogP contribution in [0.25, 0.3) is 0 Å². The number of carbonyl (C=O) groups is 7. The van der Waals surface area contributed by atoms with Gasteiger partial charge in [-0.25, -0.2) is 19.2 Å². The van der Waals surface area contributed by atoms with Crippen molar-refractivity contribution in [1.82, 2.24) is 0 Å². The SMILES string of the molecule is CC(CCO)CC/C=C(/CO)C(=O)O.CC1(O)CCC2(O)C(C(=O)O)=COC=C12.COC(=O)C(C=O)C1=CC=C(C)C1C=O.COC(=O)C1=COC(O)=C2C(C)(O)CCC12O.COC(=O)C1=COC=C2C(C)(C)CCC12O. The standard InChI is InChI=1S/C12H16O4.C11H14O6.C11H12O4.C10H12O5.C10H18O4/c1-11(2)4-5-12(14)8(10(13)15-3)6-16-7-9(11)12;1-10(14)3-4-11(15)6(8(12)16-2)5-17-9(13)7(10)11;1-7-3-4-8(9(7)5-12)10(6-13)11(14)15-2;1-9(13)2-3-10(14)6(8(11)12)4-15-5-7(9)10;1-8(5-6-11)3-2-4-9(7-12)10(13)14/h6-7,14H,4-5H2,1-3H3;5,13-15H,3-4H2,1-2H3;3-6,9-10H,1-2H3;4-5,13-14H,2-3H2,1H3,(H,11,12);4,8,11-12H,2-3,5-7H2,1H3,(H,13,14)/b;;;;9-4-. The summed E-state index contributed by atoms with van der Waals surface area (Å²) in [5.74, 6) is -5.86. The molecule has 3 saturated carbocycles. The van der Waals surface area contributed by atoms with Gasteiger partial charge in [-0.05, 0) is 95.5 Å². The molecule has 426 valence electrons. The van der Waals surface area contributed by atoms with Crippen LogP contribution in [0.5, 0.6) is 0 Å². The monoisotopic (exact) mass is 1090 g/mol. The van der Waals surface area contributed by atoms with Crippen molar-refractivity contribution in [1.29, 1.82) is 0 Å². The molecule has 7 aliphatic rings. The van der Waals surface area contributed by atoms with Gasteiger partial charge >= 0.3 is 29.8 Å². The number of carboxylic acids is 2. The Morgan fingerprint density at radius 2 is 1.23 bits per heavy atom. The zero-order valence-electron chi connectivity index (χ0n) is 44.6. The maximum Gasteiger partial charge on any atom is 0.340 e. The van der Waals surface area contributed by atoms with E-state index >= 15 is 0 Å². The zero-order chi connectivity index (χ0) is 58.5. The van der Waals surface area contributed by atoms with Crippen LogP contribution in [0.4, 0.5) is 0 Å². The number of ether oxygens (including phenoxy) is 6. The first-order valence-corrected chi connectivity index (χ1v) is 24.4. The molecule has 8 unspecified atom stereocenters. The Morgan fingerprint density at radius 1 is 0.701 bits per heavy atom. The van der Waals surface area contributed by atoms with Crippen LogP contribution in [0.1, 0.15) is 99.3 Å². The molecule has 0 amide bonds. The first kappa shape index (κ1) is 64.6. The minimum Gasteiger partial charge on any atom is -0.481 e. The van der Waals surface area contributed by atoms with Gasteiger partial charge in [0.25, 0.3) is 5.95 Å². The van der Waals surface area contributed by atoms with Gasteiger partial charge in [0, 0.05) is 17.8 Å². The highest BCUT2D eigenvalue weighted by molar-refractivity contribution is 5.94. The summed E-state index contributed by atoms with van der Waals surface area (Å²) in [6.07, 6.45) is 16.5. The third-order valence-electron chi connectivity index (χ3n) is 14.4. The van der Waals surface area contributed by atoms with Crippen molar-refractivity contribution in [3.8, 4) is 0 Å². The number of aliphatic hydroxyl groups excluding tert-OH is 3. The van der Waals surface area contributed by atoms with Gasteiger partial charge in [0.2, 0.25) is 0 Å². The topological polar surface area (TPSA) is 377 Å². The van der Waals surface area contributed by atoms with Gasteiger partial charge in [0.15, 0.2) is 0 Å². The molecule has 0 spiro atoms. The Morgan fingerprint density at radius 3 is 1.75 bits per heavy atom. The van der Waals surface area contributed by atoms with Gasteiger partial charge in [0.1, 0.15) is 70.8 Å². The van der Waals surface area contributed by atoms with Crippen molar-refractivity contribution in [2.45, 2.75) is 127 Å². The fourth-order valence-corrected chi connectivity index (χ4v) is 9.69. The maximum atomic E-state index is 11.6. The lowest BCUT2D eigenvalue weighted by molar-refractivity contribution is -0.146. The molecule has 4 aliphatic carbocycles. The van der Waals surface area contributed by atoms with E-state index in [1.54, 1.807) is 25.3 Å². The second kappa shape index (κ2) is 26.6. The summed E-state index contributed by atoms with van der Waals surface area (Å²) in [7, 11) is 3.69. The fraction of sp³-hybridized carbons (Fsp3) is 0.537. The first-order valence-electron chi connectivity index (χ1n) is 24.4. The quantitative estimate of drug-likeness (QED) is 0.0392. The Balaban J connectivity index is 0.000000254.